The van der Waals surface area contributed by atoms with Gasteiger partial charge in [-0.25, -0.2) is 14.6 Å². The van der Waals surface area contributed by atoms with Gasteiger partial charge in [0.05, 0.1) is 10.9 Å². The lowest BCUT2D eigenvalue weighted by atomic mass is 10.0. The first-order valence-corrected chi connectivity index (χ1v) is 8.06. The largest absolute Gasteiger partial charge is 0.422 e. The first-order valence-electron chi connectivity index (χ1n) is 8.06. The van der Waals surface area contributed by atoms with Crippen LogP contribution in [0.4, 0.5) is 0 Å². The lowest BCUT2D eigenvalue weighted by Gasteiger charge is -2.05. The van der Waals surface area contributed by atoms with Crippen LogP contribution >= 0.6 is 0 Å². The number of nitrogens with zero attached hydrogens (tertiary/aromatic N) is 1. The van der Waals surface area contributed by atoms with Crippen molar-refractivity contribution in [3.63, 3.8) is 0 Å². The third-order valence-corrected chi connectivity index (χ3v) is 4.41. The monoisotopic (exact) mass is 341 g/mol. The molecule has 124 valence electrons. The van der Waals surface area contributed by atoms with Gasteiger partial charge in [0.2, 0.25) is 5.89 Å². The fourth-order valence-electron chi connectivity index (χ4n) is 3.15. The Labute approximate surface area is 146 Å². The second-order valence-corrected chi connectivity index (χ2v) is 5.97. The summed E-state index contributed by atoms with van der Waals surface area (Å²) < 4.78 is 10.7. The van der Waals surface area contributed by atoms with Gasteiger partial charge in [-0.15, -0.1) is 0 Å². The van der Waals surface area contributed by atoms with Crippen LogP contribution in [0.5, 0.6) is 0 Å². The highest BCUT2D eigenvalue weighted by Crippen LogP contribution is 2.27. The topological polar surface area (TPSA) is 73.3 Å². The Balaban J connectivity index is 1.87. The minimum atomic E-state index is -0.598. The molecule has 5 rings (SSSR count). The molecular formula is C21H11NO4. The molecule has 0 bridgehead atoms. The van der Waals surface area contributed by atoms with E-state index in [1.54, 1.807) is 36.4 Å². The Morgan fingerprint density at radius 1 is 0.692 bits per heavy atom. The van der Waals surface area contributed by atoms with Gasteiger partial charge in [-0.05, 0) is 35.0 Å². The smallest absolute Gasteiger partial charge is 0.349 e. The van der Waals surface area contributed by atoms with Crippen molar-refractivity contribution >= 4 is 32.6 Å². The average Bonchev–Trinajstić information content (AvgIpc) is 2.67. The van der Waals surface area contributed by atoms with E-state index in [2.05, 4.69) is 4.98 Å². The predicted molar refractivity (Wildman–Crippen MR) is 99.3 cm³/mol. The molecule has 0 aliphatic rings. The summed E-state index contributed by atoms with van der Waals surface area (Å²) in [6, 6.07) is 20.0. The maximum Gasteiger partial charge on any atom is 0.349 e. The van der Waals surface area contributed by atoms with Crippen LogP contribution in [0.1, 0.15) is 0 Å². The summed E-state index contributed by atoms with van der Waals surface area (Å²) in [6.45, 7) is 0. The molecule has 0 spiro atoms. The molecule has 0 amide bonds. The van der Waals surface area contributed by atoms with Crippen LogP contribution in [0.2, 0.25) is 0 Å². The standard InChI is InChI=1S/C21H11NO4/c23-20-14-7-3-4-8-17(14)22-19(26-20)16-11-15-13-6-2-1-5-12(13)9-10-18(15)25-21(16)24/h1-11H. The quantitative estimate of drug-likeness (QED) is 0.339. The molecule has 0 saturated heterocycles. The molecule has 0 aliphatic carbocycles. The molecule has 0 N–H and O–H groups in total. The SMILES string of the molecule is O=c1oc2ccc3ccccc3c2cc1-c1nc2ccccc2c(=O)o1. The number of para-hydroxylation sites is 1. The zero-order valence-corrected chi connectivity index (χ0v) is 13.4. The van der Waals surface area contributed by atoms with Crippen LogP contribution in [0, 0.1) is 0 Å². The van der Waals surface area contributed by atoms with Gasteiger partial charge in [-0.3, -0.25) is 0 Å². The first kappa shape index (κ1) is 14.6. The Kier molecular flexibility index (Phi) is 3.03. The normalized spacial score (nSPS) is 11.4. The molecular weight excluding hydrogens is 330 g/mol. The number of hydrogen-bond donors (Lipinski definition) is 0. The molecule has 5 nitrogen and oxygen atoms in total. The van der Waals surface area contributed by atoms with Crippen LogP contribution in [-0.2, 0) is 0 Å². The zero-order valence-electron chi connectivity index (χ0n) is 13.4. The second kappa shape index (κ2) is 5.39. The summed E-state index contributed by atoms with van der Waals surface area (Å²) in [7, 11) is 0. The number of benzene rings is 3. The van der Waals surface area contributed by atoms with Gasteiger partial charge in [-0.2, -0.15) is 0 Å². The number of fused-ring (bicyclic) bond motifs is 4. The third-order valence-electron chi connectivity index (χ3n) is 4.41. The lowest BCUT2D eigenvalue weighted by Crippen LogP contribution is -2.08. The highest BCUT2D eigenvalue weighted by atomic mass is 16.4. The predicted octanol–water partition coefficient (Wildman–Crippen LogP) is 4.11. The van der Waals surface area contributed by atoms with Gasteiger partial charge >= 0.3 is 11.3 Å². The van der Waals surface area contributed by atoms with Gasteiger partial charge < -0.3 is 8.83 Å². The third kappa shape index (κ3) is 2.14. The van der Waals surface area contributed by atoms with E-state index < -0.39 is 11.3 Å². The van der Waals surface area contributed by atoms with Crippen molar-refractivity contribution in [2.75, 3.05) is 0 Å². The van der Waals surface area contributed by atoms with Gasteiger partial charge in [0.1, 0.15) is 11.1 Å². The van der Waals surface area contributed by atoms with E-state index in [0.29, 0.717) is 16.5 Å². The lowest BCUT2D eigenvalue weighted by molar-refractivity contribution is 0.508. The summed E-state index contributed by atoms with van der Waals surface area (Å²) in [5.74, 6) is -0.0442. The number of aromatic nitrogens is 1. The molecule has 2 heterocycles. The van der Waals surface area contributed by atoms with E-state index >= 15 is 0 Å². The molecule has 3 aromatic carbocycles. The van der Waals surface area contributed by atoms with E-state index in [1.165, 1.54) is 0 Å². The van der Waals surface area contributed by atoms with E-state index in [1.807, 2.05) is 30.3 Å². The van der Waals surface area contributed by atoms with Gasteiger partial charge in [0, 0.05) is 5.39 Å². The van der Waals surface area contributed by atoms with Crippen LogP contribution in [0.3, 0.4) is 0 Å². The van der Waals surface area contributed by atoms with Crippen LogP contribution < -0.4 is 11.3 Å². The summed E-state index contributed by atoms with van der Waals surface area (Å²) >= 11 is 0. The Bertz CT molecular complexity index is 1430. The summed E-state index contributed by atoms with van der Waals surface area (Å²) in [4.78, 5) is 29.0. The van der Waals surface area contributed by atoms with E-state index in [4.69, 9.17) is 8.83 Å². The number of rotatable bonds is 1. The maximum atomic E-state index is 12.4. The van der Waals surface area contributed by atoms with Crippen molar-refractivity contribution in [2.45, 2.75) is 0 Å². The van der Waals surface area contributed by atoms with Crippen molar-refractivity contribution in [2.24, 2.45) is 0 Å². The molecule has 5 aromatic rings. The van der Waals surface area contributed by atoms with E-state index in [0.717, 1.165) is 16.2 Å². The van der Waals surface area contributed by atoms with E-state index in [-0.39, 0.29) is 11.5 Å². The molecule has 5 heteroatoms. The molecule has 0 aliphatic heterocycles. The molecule has 0 atom stereocenters. The highest BCUT2D eigenvalue weighted by molar-refractivity contribution is 6.06. The van der Waals surface area contributed by atoms with E-state index in [9.17, 15) is 9.59 Å². The highest BCUT2D eigenvalue weighted by Gasteiger charge is 2.15. The van der Waals surface area contributed by atoms with Gasteiger partial charge in [0.25, 0.3) is 0 Å². The van der Waals surface area contributed by atoms with Crippen molar-refractivity contribution in [1.29, 1.82) is 0 Å². The Hall–Kier alpha value is -3.73. The number of hydrogen-bond acceptors (Lipinski definition) is 5. The minimum Gasteiger partial charge on any atom is -0.422 e. The Morgan fingerprint density at radius 3 is 2.35 bits per heavy atom. The second-order valence-electron chi connectivity index (χ2n) is 5.97. The maximum absolute atomic E-state index is 12.4. The Morgan fingerprint density at radius 2 is 1.46 bits per heavy atom. The van der Waals surface area contributed by atoms with Gasteiger partial charge in [-0.1, -0.05) is 42.5 Å². The van der Waals surface area contributed by atoms with Crippen molar-refractivity contribution in [3.8, 4) is 11.5 Å². The van der Waals surface area contributed by atoms with Crippen LogP contribution in [0.15, 0.2) is 85.2 Å². The van der Waals surface area contributed by atoms with Crippen molar-refractivity contribution in [1.82, 2.24) is 4.98 Å². The summed E-state index contributed by atoms with van der Waals surface area (Å²) in [5, 5.41) is 3.09. The molecule has 26 heavy (non-hydrogen) atoms. The molecule has 0 radical (unpaired) electrons. The van der Waals surface area contributed by atoms with Crippen LogP contribution in [0.25, 0.3) is 44.1 Å². The summed E-state index contributed by atoms with van der Waals surface area (Å²) in [6.07, 6.45) is 0. The molecule has 2 aromatic heterocycles. The zero-order chi connectivity index (χ0) is 17.7. The van der Waals surface area contributed by atoms with Crippen LogP contribution in [-0.4, -0.2) is 4.98 Å². The average molecular weight is 341 g/mol. The molecule has 0 fully saturated rings. The first-order chi connectivity index (χ1) is 12.7. The molecule has 0 unspecified atom stereocenters. The fraction of sp³-hybridized carbons (Fsp3) is 0. The molecule has 0 saturated carbocycles. The van der Waals surface area contributed by atoms with Gasteiger partial charge in [0.15, 0.2) is 0 Å². The minimum absolute atomic E-state index is 0.0442. The fourth-order valence-corrected chi connectivity index (χ4v) is 3.15. The van der Waals surface area contributed by atoms with Crippen molar-refractivity contribution < 1.29 is 8.83 Å². The van der Waals surface area contributed by atoms with Crippen molar-refractivity contribution in [3.05, 3.63) is 87.6 Å². The summed E-state index contributed by atoms with van der Waals surface area (Å²) in [5.41, 5.74) is -0.0739.